The van der Waals surface area contributed by atoms with E-state index >= 15 is 0 Å². The zero-order valence-corrected chi connectivity index (χ0v) is 21.0. The highest BCUT2D eigenvalue weighted by molar-refractivity contribution is 5.68. The predicted molar refractivity (Wildman–Crippen MR) is 146 cm³/mol. The molecule has 0 bridgehead atoms. The maximum absolute atomic E-state index is 13.2. The first-order valence-corrected chi connectivity index (χ1v) is 13.1. The Labute approximate surface area is 219 Å². The molecule has 0 aromatic heterocycles. The zero-order chi connectivity index (χ0) is 25.3. The summed E-state index contributed by atoms with van der Waals surface area (Å²) in [5.74, 6) is 0. The van der Waals surface area contributed by atoms with Gasteiger partial charge in [-0.1, -0.05) is 121 Å². The Balaban J connectivity index is 1.43. The van der Waals surface area contributed by atoms with Gasteiger partial charge in [-0.25, -0.2) is 4.79 Å². The molecule has 5 rings (SSSR count). The standard InChI is InChI=1S/C33H33NO3/c35-32(36-25-27-15-5-1-6-16-27)34-24-14-13-23-31(34)26-37-33(28-17-7-2-8-18-28,29-19-9-3-10-20-29)30-21-11-4-12-22-30/h1-12,15-22,31H,13-14,23-26H2. The predicted octanol–water partition coefficient (Wildman–Crippen LogP) is 7.19. The van der Waals surface area contributed by atoms with E-state index in [1.807, 2.05) is 89.8 Å². The number of hydrogen-bond donors (Lipinski definition) is 0. The van der Waals surface area contributed by atoms with Gasteiger partial charge in [0.05, 0.1) is 12.6 Å². The molecule has 37 heavy (non-hydrogen) atoms. The molecule has 4 aromatic rings. The van der Waals surface area contributed by atoms with Gasteiger partial charge in [-0.15, -0.1) is 0 Å². The number of hydrogen-bond acceptors (Lipinski definition) is 3. The number of piperidine rings is 1. The number of amides is 1. The lowest BCUT2D eigenvalue weighted by molar-refractivity contribution is -0.0317. The largest absolute Gasteiger partial charge is 0.445 e. The van der Waals surface area contributed by atoms with E-state index in [0.29, 0.717) is 13.2 Å². The fraction of sp³-hybridized carbons (Fsp3) is 0.242. The van der Waals surface area contributed by atoms with E-state index < -0.39 is 5.60 Å². The monoisotopic (exact) mass is 491 g/mol. The molecular weight excluding hydrogens is 458 g/mol. The Hall–Kier alpha value is -3.89. The van der Waals surface area contributed by atoms with Gasteiger partial charge in [0.25, 0.3) is 0 Å². The third-order valence-corrected chi connectivity index (χ3v) is 7.10. The number of carbonyl (C=O) groups is 1. The SMILES string of the molecule is O=C(OCc1ccccc1)N1CCCCC1COC(c1ccccc1)(c1ccccc1)c1ccccc1. The number of carbonyl (C=O) groups excluding carboxylic acids is 1. The third-order valence-electron chi connectivity index (χ3n) is 7.10. The molecule has 0 saturated carbocycles. The second-order valence-corrected chi connectivity index (χ2v) is 9.47. The van der Waals surface area contributed by atoms with Gasteiger partial charge in [0.15, 0.2) is 0 Å². The molecule has 1 aliphatic heterocycles. The van der Waals surface area contributed by atoms with E-state index in [2.05, 4.69) is 36.4 Å². The fourth-order valence-corrected chi connectivity index (χ4v) is 5.21. The Kier molecular flexibility index (Phi) is 7.97. The van der Waals surface area contributed by atoms with E-state index in [4.69, 9.17) is 9.47 Å². The molecule has 4 heteroatoms. The summed E-state index contributed by atoms with van der Waals surface area (Å²) in [6, 6.07) is 40.8. The first kappa shape index (κ1) is 24.8. The third kappa shape index (κ3) is 5.60. The molecule has 1 amide bonds. The van der Waals surface area contributed by atoms with E-state index in [1.165, 1.54) is 0 Å². The minimum absolute atomic E-state index is 0.0625. The summed E-state index contributed by atoms with van der Waals surface area (Å²) in [5.41, 5.74) is 3.35. The number of benzene rings is 4. The average molecular weight is 492 g/mol. The molecule has 1 heterocycles. The Morgan fingerprint density at radius 1 is 0.703 bits per heavy atom. The quantitative estimate of drug-likeness (QED) is 0.245. The highest BCUT2D eigenvalue weighted by Crippen LogP contribution is 2.41. The summed E-state index contributed by atoms with van der Waals surface area (Å²) in [6.07, 6.45) is 2.64. The van der Waals surface area contributed by atoms with Gasteiger partial charge in [-0.05, 0) is 41.5 Å². The summed E-state index contributed by atoms with van der Waals surface area (Å²) in [6.45, 7) is 1.35. The van der Waals surface area contributed by atoms with Crippen molar-refractivity contribution in [3.8, 4) is 0 Å². The summed E-state index contributed by atoms with van der Waals surface area (Å²) in [5, 5.41) is 0. The van der Waals surface area contributed by atoms with E-state index in [-0.39, 0.29) is 18.7 Å². The van der Waals surface area contributed by atoms with Crippen molar-refractivity contribution in [3.63, 3.8) is 0 Å². The van der Waals surface area contributed by atoms with Crippen molar-refractivity contribution in [1.29, 1.82) is 0 Å². The van der Waals surface area contributed by atoms with Crippen LogP contribution in [0.3, 0.4) is 0 Å². The van der Waals surface area contributed by atoms with Crippen LogP contribution in [-0.2, 0) is 21.7 Å². The lowest BCUT2D eigenvalue weighted by Crippen LogP contribution is -2.48. The second-order valence-electron chi connectivity index (χ2n) is 9.47. The topological polar surface area (TPSA) is 38.8 Å². The number of likely N-dealkylation sites (tertiary alicyclic amines) is 1. The summed E-state index contributed by atoms with van der Waals surface area (Å²) in [7, 11) is 0. The molecule has 0 radical (unpaired) electrons. The lowest BCUT2D eigenvalue weighted by atomic mass is 9.80. The number of nitrogens with zero attached hydrogens (tertiary/aromatic N) is 1. The van der Waals surface area contributed by atoms with Crippen molar-refractivity contribution in [2.45, 2.75) is 37.5 Å². The van der Waals surface area contributed by atoms with E-state index in [0.717, 1.165) is 41.5 Å². The van der Waals surface area contributed by atoms with Crippen LogP contribution in [0.5, 0.6) is 0 Å². The maximum atomic E-state index is 13.2. The van der Waals surface area contributed by atoms with Crippen LogP contribution >= 0.6 is 0 Å². The van der Waals surface area contributed by atoms with Crippen molar-refractivity contribution >= 4 is 6.09 Å². The second kappa shape index (κ2) is 11.9. The molecule has 0 N–H and O–H groups in total. The van der Waals surface area contributed by atoms with Crippen molar-refractivity contribution in [3.05, 3.63) is 144 Å². The maximum Gasteiger partial charge on any atom is 0.410 e. The van der Waals surface area contributed by atoms with E-state index in [9.17, 15) is 4.79 Å². The molecule has 0 aliphatic carbocycles. The van der Waals surface area contributed by atoms with Crippen molar-refractivity contribution in [1.82, 2.24) is 4.90 Å². The molecular formula is C33H33NO3. The van der Waals surface area contributed by atoms with Gasteiger partial charge in [0, 0.05) is 6.54 Å². The van der Waals surface area contributed by atoms with Crippen molar-refractivity contribution in [2.75, 3.05) is 13.2 Å². The Morgan fingerprint density at radius 2 is 1.19 bits per heavy atom. The average Bonchev–Trinajstić information content (AvgIpc) is 2.99. The lowest BCUT2D eigenvalue weighted by Gasteiger charge is -2.40. The molecule has 1 fully saturated rings. The van der Waals surface area contributed by atoms with Gasteiger partial charge in [0.1, 0.15) is 12.2 Å². The van der Waals surface area contributed by atoms with Crippen molar-refractivity contribution < 1.29 is 14.3 Å². The van der Waals surface area contributed by atoms with Gasteiger partial charge >= 0.3 is 6.09 Å². The first-order valence-electron chi connectivity index (χ1n) is 13.1. The van der Waals surface area contributed by atoms with Crippen LogP contribution in [0.1, 0.15) is 41.5 Å². The summed E-state index contributed by atoms with van der Waals surface area (Å²) < 4.78 is 12.7. The normalized spacial score (nSPS) is 15.8. The number of ether oxygens (including phenoxy) is 2. The summed E-state index contributed by atoms with van der Waals surface area (Å²) >= 11 is 0. The number of rotatable bonds is 8. The summed E-state index contributed by atoms with van der Waals surface area (Å²) in [4.78, 5) is 15.0. The van der Waals surface area contributed by atoms with Crippen LogP contribution in [0.15, 0.2) is 121 Å². The zero-order valence-electron chi connectivity index (χ0n) is 21.0. The van der Waals surface area contributed by atoms with E-state index in [1.54, 1.807) is 0 Å². The van der Waals surface area contributed by atoms with Crippen LogP contribution in [0.2, 0.25) is 0 Å². The van der Waals surface area contributed by atoms with Crippen molar-refractivity contribution in [2.24, 2.45) is 0 Å². The van der Waals surface area contributed by atoms with Crippen LogP contribution in [-0.4, -0.2) is 30.2 Å². The Morgan fingerprint density at radius 3 is 1.70 bits per heavy atom. The molecule has 1 saturated heterocycles. The Bertz CT molecular complexity index is 1150. The molecule has 4 aromatic carbocycles. The van der Waals surface area contributed by atoms with Crippen LogP contribution in [0.4, 0.5) is 4.79 Å². The molecule has 188 valence electrons. The highest BCUT2D eigenvalue weighted by Gasteiger charge is 2.39. The molecule has 0 spiro atoms. The first-order chi connectivity index (χ1) is 18.3. The van der Waals surface area contributed by atoms with Gasteiger partial charge in [-0.3, -0.25) is 0 Å². The van der Waals surface area contributed by atoms with Crippen LogP contribution in [0.25, 0.3) is 0 Å². The fourth-order valence-electron chi connectivity index (χ4n) is 5.21. The van der Waals surface area contributed by atoms with Gasteiger partial charge < -0.3 is 14.4 Å². The molecule has 1 aliphatic rings. The van der Waals surface area contributed by atoms with Crippen LogP contribution < -0.4 is 0 Å². The minimum atomic E-state index is -0.805. The van der Waals surface area contributed by atoms with Gasteiger partial charge in [0.2, 0.25) is 0 Å². The smallest absolute Gasteiger partial charge is 0.410 e. The minimum Gasteiger partial charge on any atom is -0.445 e. The molecule has 1 atom stereocenters. The van der Waals surface area contributed by atoms with Gasteiger partial charge in [-0.2, -0.15) is 0 Å². The van der Waals surface area contributed by atoms with Crippen LogP contribution in [0, 0.1) is 0 Å². The molecule has 4 nitrogen and oxygen atoms in total. The highest BCUT2D eigenvalue weighted by atomic mass is 16.6. The molecule has 1 unspecified atom stereocenters.